The van der Waals surface area contributed by atoms with Gasteiger partial charge in [0, 0.05) is 35.4 Å². The molecule has 4 aromatic rings. The summed E-state index contributed by atoms with van der Waals surface area (Å²) in [5.41, 5.74) is 2.20. The first kappa shape index (κ1) is 20.2. The second kappa shape index (κ2) is 8.49. The van der Waals surface area contributed by atoms with Crippen molar-refractivity contribution < 1.29 is 19.3 Å². The first-order valence-electron chi connectivity index (χ1n) is 10.9. The second-order valence-corrected chi connectivity index (χ2v) is 9.12. The van der Waals surface area contributed by atoms with Crippen LogP contribution in [0.4, 0.5) is 5.82 Å². The standard InChI is InChI=1S/C24H22N4O4S/c29-15(12-30-16-6-7-18-19(9-16)32-13-31-18)11-26-23-21-17-4-1-5-20(17)33-24(21)28-22(27-23)14-3-2-8-25-10-14/h2-3,6-10,15,29H,1,4-5,11-13H2,(H,26,27,28). The van der Waals surface area contributed by atoms with Crippen molar-refractivity contribution in [1.29, 1.82) is 0 Å². The van der Waals surface area contributed by atoms with E-state index in [1.54, 1.807) is 41.9 Å². The number of ether oxygens (including phenoxy) is 3. The van der Waals surface area contributed by atoms with Crippen LogP contribution in [0.1, 0.15) is 16.9 Å². The molecule has 4 heterocycles. The number of hydrogen-bond donors (Lipinski definition) is 2. The van der Waals surface area contributed by atoms with Gasteiger partial charge in [0.25, 0.3) is 0 Å². The van der Waals surface area contributed by atoms with Crippen LogP contribution in [-0.4, -0.2) is 46.1 Å². The van der Waals surface area contributed by atoms with Crippen molar-refractivity contribution in [2.75, 3.05) is 25.3 Å². The number of thiophene rings is 1. The Morgan fingerprint density at radius 2 is 2.09 bits per heavy atom. The lowest BCUT2D eigenvalue weighted by molar-refractivity contribution is 0.117. The molecule has 6 rings (SSSR count). The number of hydrogen-bond acceptors (Lipinski definition) is 9. The van der Waals surface area contributed by atoms with Gasteiger partial charge in [-0.15, -0.1) is 11.3 Å². The molecule has 0 radical (unpaired) electrons. The number of benzene rings is 1. The maximum atomic E-state index is 10.6. The zero-order chi connectivity index (χ0) is 22.2. The summed E-state index contributed by atoms with van der Waals surface area (Å²) in [5, 5.41) is 15.0. The fourth-order valence-corrected chi connectivity index (χ4v) is 5.44. The number of nitrogens with zero attached hydrogens (tertiary/aromatic N) is 3. The SMILES string of the molecule is OC(CNc1nc(-c2cccnc2)nc2sc3c(c12)CCC3)COc1ccc2c(c1)OCO2. The molecule has 0 amide bonds. The monoisotopic (exact) mass is 462 g/mol. The van der Waals surface area contributed by atoms with Crippen molar-refractivity contribution >= 4 is 27.4 Å². The average Bonchev–Trinajstić information content (AvgIpc) is 3.57. The number of pyridine rings is 1. The van der Waals surface area contributed by atoms with Crippen LogP contribution >= 0.6 is 11.3 Å². The summed E-state index contributed by atoms with van der Waals surface area (Å²) in [7, 11) is 0. The molecule has 168 valence electrons. The Hall–Kier alpha value is -3.43. The number of nitrogens with one attached hydrogen (secondary N) is 1. The van der Waals surface area contributed by atoms with E-state index in [-0.39, 0.29) is 13.4 Å². The van der Waals surface area contributed by atoms with Crippen molar-refractivity contribution in [2.45, 2.75) is 25.4 Å². The van der Waals surface area contributed by atoms with E-state index in [4.69, 9.17) is 24.2 Å². The Kier molecular flexibility index (Phi) is 5.20. The van der Waals surface area contributed by atoms with E-state index in [0.29, 0.717) is 29.6 Å². The predicted molar refractivity (Wildman–Crippen MR) is 125 cm³/mol. The topological polar surface area (TPSA) is 98.6 Å². The highest BCUT2D eigenvalue weighted by Gasteiger charge is 2.23. The second-order valence-electron chi connectivity index (χ2n) is 8.04. The van der Waals surface area contributed by atoms with Gasteiger partial charge in [-0.2, -0.15) is 0 Å². The van der Waals surface area contributed by atoms with E-state index in [0.717, 1.165) is 40.9 Å². The zero-order valence-electron chi connectivity index (χ0n) is 17.8. The summed E-state index contributed by atoms with van der Waals surface area (Å²) in [4.78, 5) is 16.2. The van der Waals surface area contributed by atoms with Crippen molar-refractivity contribution in [3.8, 4) is 28.6 Å². The number of aliphatic hydroxyl groups is 1. The molecule has 0 saturated heterocycles. The van der Waals surface area contributed by atoms with Crippen LogP contribution in [0.2, 0.25) is 0 Å². The fraction of sp³-hybridized carbons (Fsp3) is 0.292. The Morgan fingerprint density at radius 3 is 3.00 bits per heavy atom. The molecular weight excluding hydrogens is 440 g/mol. The molecule has 1 atom stereocenters. The highest BCUT2D eigenvalue weighted by atomic mass is 32.1. The summed E-state index contributed by atoms with van der Waals surface area (Å²) in [6.45, 7) is 0.651. The number of anilines is 1. The molecule has 0 saturated carbocycles. The van der Waals surface area contributed by atoms with Gasteiger partial charge in [0.15, 0.2) is 17.3 Å². The lowest BCUT2D eigenvalue weighted by Crippen LogP contribution is -2.26. The molecule has 33 heavy (non-hydrogen) atoms. The zero-order valence-corrected chi connectivity index (χ0v) is 18.6. The van der Waals surface area contributed by atoms with E-state index in [1.165, 1.54) is 10.4 Å². The maximum Gasteiger partial charge on any atom is 0.231 e. The summed E-state index contributed by atoms with van der Waals surface area (Å²) in [5.74, 6) is 3.35. The van der Waals surface area contributed by atoms with Crippen LogP contribution in [-0.2, 0) is 12.8 Å². The minimum atomic E-state index is -0.728. The predicted octanol–water partition coefficient (Wildman–Crippen LogP) is 3.82. The molecule has 0 spiro atoms. The molecule has 0 bridgehead atoms. The lowest BCUT2D eigenvalue weighted by Gasteiger charge is -2.15. The van der Waals surface area contributed by atoms with E-state index < -0.39 is 6.10 Å². The highest BCUT2D eigenvalue weighted by molar-refractivity contribution is 7.19. The number of rotatable bonds is 7. The third-order valence-corrected chi connectivity index (χ3v) is 6.96. The number of fused-ring (bicyclic) bond motifs is 4. The van der Waals surface area contributed by atoms with Gasteiger partial charge in [-0.3, -0.25) is 4.98 Å². The number of aryl methyl sites for hydroxylation is 2. The van der Waals surface area contributed by atoms with Gasteiger partial charge in [-0.1, -0.05) is 0 Å². The Bertz CT molecular complexity index is 1310. The van der Waals surface area contributed by atoms with Crippen molar-refractivity contribution in [1.82, 2.24) is 15.0 Å². The van der Waals surface area contributed by atoms with Gasteiger partial charge in [-0.25, -0.2) is 9.97 Å². The van der Waals surface area contributed by atoms with Crippen molar-refractivity contribution in [3.63, 3.8) is 0 Å². The molecule has 1 aliphatic heterocycles. The van der Waals surface area contributed by atoms with Gasteiger partial charge in [0.1, 0.15) is 29.1 Å². The quantitative estimate of drug-likeness (QED) is 0.428. The van der Waals surface area contributed by atoms with Crippen LogP contribution in [0.15, 0.2) is 42.7 Å². The summed E-state index contributed by atoms with van der Waals surface area (Å²) in [6.07, 6.45) is 6.05. The van der Waals surface area contributed by atoms with Crippen LogP contribution in [0.5, 0.6) is 17.2 Å². The Labute approximate surface area is 194 Å². The normalized spacial score (nSPS) is 14.9. The van der Waals surface area contributed by atoms with Gasteiger partial charge >= 0.3 is 0 Å². The maximum absolute atomic E-state index is 10.6. The summed E-state index contributed by atoms with van der Waals surface area (Å²) in [6, 6.07) is 9.20. The van der Waals surface area contributed by atoms with Gasteiger partial charge in [0.05, 0.1) is 5.39 Å². The summed E-state index contributed by atoms with van der Waals surface area (Å²) < 4.78 is 16.4. The Balaban J connectivity index is 1.20. The molecule has 2 N–H and O–H groups in total. The minimum Gasteiger partial charge on any atom is -0.491 e. The van der Waals surface area contributed by atoms with E-state index in [1.807, 2.05) is 12.1 Å². The van der Waals surface area contributed by atoms with E-state index in [2.05, 4.69) is 10.3 Å². The third kappa shape index (κ3) is 3.94. The van der Waals surface area contributed by atoms with Crippen LogP contribution in [0.3, 0.4) is 0 Å². The molecule has 9 heteroatoms. The largest absolute Gasteiger partial charge is 0.491 e. The average molecular weight is 463 g/mol. The molecule has 0 fully saturated rings. The number of aromatic nitrogens is 3. The molecular formula is C24H22N4O4S. The molecule has 1 unspecified atom stereocenters. The highest BCUT2D eigenvalue weighted by Crippen LogP contribution is 2.40. The minimum absolute atomic E-state index is 0.137. The first-order valence-corrected chi connectivity index (χ1v) is 11.7. The van der Waals surface area contributed by atoms with Crippen molar-refractivity contribution in [2.24, 2.45) is 0 Å². The van der Waals surface area contributed by atoms with E-state index >= 15 is 0 Å². The van der Waals surface area contributed by atoms with Crippen molar-refractivity contribution in [3.05, 3.63) is 53.2 Å². The molecule has 8 nitrogen and oxygen atoms in total. The van der Waals surface area contributed by atoms with E-state index in [9.17, 15) is 5.11 Å². The molecule has 2 aliphatic rings. The summed E-state index contributed by atoms with van der Waals surface area (Å²) >= 11 is 1.74. The van der Waals surface area contributed by atoms with Crippen LogP contribution in [0.25, 0.3) is 21.6 Å². The molecule has 3 aromatic heterocycles. The third-order valence-electron chi connectivity index (χ3n) is 5.78. The lowest BCUT2D eigenvalue weighted by atomic mass is 10.1. The molecule has 1 aliphatic carbocycles. The van der Waals surface area contributed by atoms with Crippen LogP contribution < -0.4 is 19.5 Å². The fourth-order valence-electron chi connectivity index (χ4n) is 4.18. The van der Waals surface area contributed by atoms with Gasteiger partial charge < -0.3 is 24.6 Å². The smallest absolute Gasteiger partial charge is 0.231 e. The van der Waals surface area contributed by atoms with Gasteiger partial charge in [-0.05, 0) is 49.1 Å². The molecule has 1 aromatic carbocycles. The van der Waals surface area contributed by atoms with Crippen LogP contribution in [0, 0.1) is 0 Å². The Morgan fingerprint density at radius 1 is 1.15 bits per heavy atom. The number of aliphatic hydroxyl groups excluding tert-OH is 1. The van der Waals surface area contributed by atoms with Gasteiger partial charge in [0.2, 0.25) is 6.79 Å². The first-order chi connectivity index (χ1) is 16.2.